The van der Waals surface area contributed by atoms with Crippen molar-refractivity contribution in [3.05, 3.63) is 95.6 Å². The van der Waals surface area contributed by atoms with Gasteiger partial charge in [0, 0.05) is 165 Å². The fourth-order valence-electron chi connectivity index (χ4n) is 15.8. The van der Waals surface area contributed by atoms with Gasteiger partial charge in [0.15, 0.2) is 18.9 Å². The van der Waals surface area contributed by atoms with E-state index in [4.69, 9.17) is 75.8 Å². The molecule has 0 aliphatic carbocycles. The summed E-state index contributed by atoms with van der Waals surface area (Å²) in [7, 11) is 3.06. The van der Waals surface area contributed by atoms with Gasteiger partial charge >= 0.3 is 41.8 Å². The molecule has 0 radical (unpaired) electrons. The third-order valence-electron chi connectivity index (χ3n) is 22.2. The average Bonchev–Trinajstić information content (AvgIpc) is 0.745. The normalized spacial score (nSPS) is 22.0. The van der Waals surface area contributed by atoms with Crippen LogP contribution in [0.3, 0.4) is 0 Å². The SMILES string of the molecule is COc1ccc(C(OCC(OC(=O)CCC(C)=O)C(=O)N(CCCNC(=O)CCCCO[C@@H]2OC(COC(C)=O)[C@H](OC(C)=O)[C@H](C)C2NC(C)=O)CCCN(CCCCC(=O)CCCCO[C@@H]2OC(COC(C)=O)[C@H](OC(C)=O)[C@H](C)C2NC(C)=O)C(=O)CCCCO[C@@H]2OC(COC(C)=O)[C@H](OC(C)=O)[C@H](C)C2NC(C)=O)(c2ccccc2)c2ccc(OC)cc2)cc1. The molecule has 0 bridgehead atoms. The Labute approximate surface area is 760 Å². The number of hydrogen-bond donors (Lipinski definition) is 4. The minimum absolute atomic E-state index is 0.0102. The number of unbranched alkanes of at least 4 members (excludes halogenated alkanes) is 4. The Balaban J connectivity index is 1.26. The number of hydrogen-bond acceptors (Lipinski definition) is 31. The number of ether oxygens (including phenoxy) is 16. The molecule has 3 aromatic carbocycles. The predicted molar refractivity (Wildman–Crippen MR) is 465 cm³/mol. The Bertz CT molecular complexity index is 4100. The molecule has 7 unspecified atom stereocenters. The van der Waals surface area contributed by atoms with Gasteiger partial charge in [-0.25, -0.2) is 0 Å². The molecule has 0 aromatic heterocycles. The molecule has 16 atom stereocenters. The van der Waals surface area contributed by atoms with Gasteiger partial charge in [-0.3, -0.25) is 67.1 Å². The summed E-state index contributed by atoms with van der Waals surface area (Å²) in [5, 5.41) is 11.4. The average molecular weight is 1830 g/mol. The number of ketones is 2. The van der Waals surface area contributed by atoms with Crippen LogP contribution in [0.4, 0.5) is 0 Å². The number of amides is 6. The van der Waals surface area contributed by atoms with Crippen LogP contribution in [0, 0.1) is 17.8 Å². The monoisotopic (exact) mass is 1830 g/mol. The Kier molecular flexibility index (Phi) is 46.8. The molecular formula is C93H134N6O31. The third kappa shape index (κ3) is 36.3. The molecule has 722 valence electrons. The molecule has 4 N–H and O–H groups in total. The van der Waals surface area contributed by atoms with Crippen molar-refractivity contribution in [1.82, 2.24) is 31.1 Å². The number of methoxy groups -OCH3 is 2. The molecule has 37 heteroatoms. The largest absolute Gasteiger partial charge is 0.497 e. The zero-order chi connectivity index (χ0) is 95.6. The van der Waals surface area contributed by atoms with Crippen molar-refractivity contribution in [3.63, 3.8) is 0 Å². The summed E-state index contributed by atoms with van der Waals surface area (Å²) in [6.45, 7) is 16.8. The lowest BCUT2D eigenvalue weighted by Crippen LogP contribution is -2.62. The summed E-state index contributed by atoms with van der Waals surface area (Å²) in [4.78, 5) is 198. The summed E-state index contributed by atoms with van der Waals surface area (Å²) in [6, 6.07) is 21.1. The van der Waals surface area contributed by atoms with Crippen molar-refractivity contribution in [2.24, 2.45) is 17.8 Å². The maximum atomic E-state index is 15.9. The molecule has 6 rings (SSSR count). The zero-order valence-corrected chi connectivity index (χ0v) is 77.6. The molecule has 0 saturated carbocycles. The lowest BCUT2D eigenvalue weighted by Gasteiger charge is -2.44. The van der Waals surface area contributed by atoms with E-state index in [9.17, 15) is 67.1 Å². The topological polar surface area (TPSA) is 458 Å². The fraction of sp³-hybridized carbons (Fsp3) is 0.645. The Hall–Kier alpha value is -10.6. The van der Waals surface area contributed by atoms with E-state index in [1.54, 1.807) is 49.9 Å². The maximum absolute atomic E-state index is 15.9. The maximum Gasteiger partial charge on any atom is 0.307 e. The number of rotatable bonds is 56. The van der Waals surface area contributed by atoms with E-state index in [1.165, 1.54) is 88.4 Å². The molecule has 130 heavy (non-hydrogen) atoms. The molecule has 3 saturated heterocycles. The third-order valence-corrected chi connectivity index (χ3v) is 22.2. The van der Waals surface area contributed by atoms with Gasteiger partial charge in [0.2, 0.25) is 35.6 Å². The van der Waals surface area contributed by atoms with Crippen LogP contribution < -0.4 is 30.7 Å². The minimum atomic E-state index is -1.69. The molecular weight excluding hydrogens is 1700 g/mol. The lowest BCUT2D eigenvalue weighted by atomic mass is 9.80. The van der Waals surface area contributed by atoms with Crippen LogP contribution in [0.15, 0.2) is 78.9 Å². The summed E-state index contributed by atoms with van der Waals surface area (Å²) in [6.07, 6.45) is -7.65. The summed E-state index contributed by atoms with van der Waals surface area (Å²) < 4.78 is 94.3. The molecule has 3 aliphatic heterocycles. The second-order valence-corrected chi connectivity index (χ2v) is 32.8. The van der Waals surface area contributed by atoms with E-state index in [0.717, 1.165) is 0 Å². The van der Waals surface area contributed by atoms with E-state index in [1.807, 2.05) is 54.6 Å². The first kappa shape index (κ1) is 108. The number of benzene rings is 3. The highest BCUT2D eigenvalue weighted by molar-refractivity contribution is 5.86. The quantitative estimate of drug-likeness (QED) is 0.0187. The number of nitrogens with one attached hydrogen (secondary N) is 4. The highest BCUT2D eigenvalue weighted by atomic mass is 16.7. The molecule has 37 nitrogen and oxygen atoms in total. The van der Waals surface area contributed by atoms with Gasteiger partial charge in [0.05, 0.1) is 45.4 Å². The van der Waals surface area contributed by atoms with Crippen LogP contribution in [-0.4, -0.2) is 272 Å². The molecule has 6 amide bonds. The number of carbonyl (C=O) groups is 15. The highest BCUT2D eigenvalue weighted by Crippen LogP contribution is 2.43. The van der Waals surface area contributed by atoms with Crippen LogP contribution in [0.1, 0.15) is 209 Å². The van der Waals surface area contributed by atoms with Gasteiger partial charge in [-0.15, -0.1) is 0 Å². The molecule has 3 aromatic rings. The standard InChI is InChI=1S/C93H134N6O31/c1-57(100)35-44-82(113)127-79(56-123-93(70-29-17-16-18-30-70,71-36-40-74(115-14)41-37-71)72-38-42-75(116-15)43-39-72)89(114)99(47-27-45-94-80(111)33-21-25-51-118-91-84(96-62(6)102)59(3)87(125-68(12)108)77(129-91)54-121-65(9)105)49-28-48-98(81(112)34-22-26-52-119-92-85(97-63(7)103)60(4)88(126-69(13)109)78(130-92)55-122-66(10)106)46-23-19-31-73(110)32-20-24-50-117-90-83(95-61(5)101)58(2)86(124-67(11)107)76(128-90)53-120-64(8)104/h16-18,29-30,36-43,58-60,76-79,83-88,90-92H,19-28,31-35,44-56H2,1-15H3,(H,94,111)(H,95,101)(H,96,102)(H,97,103)/t58-,59-,60-,76?,77?,78?,79?,83?,84?,85?,86-,87-,88-,90-,91-,92-/m1/s1. The van der Waals surface area contributed by atoms with Crippen molar-refractivity contribution in [2.75, 3.05) is 93.2 Å². The zero-order valence-electron chi connectivity index (χ0n) is 77.6. The van der Waals surface area contributed by atoms with E-state index in [2.05, 4.69) is 21.3 Å². The number of esters is 7. The van der Waals surface area contributed by atoms with Gasteiger partial charge in [-0.1, -0.05) is 75.4 Å². The predicted octanol–water partition coefficient (Wildman–Crippen LogP) is 7.23. The Morgan fingerprint density at radius 3 is 1.18 bits per heavy atom. The van der Waals surface area contributed by atoms with E-state index < -0.39 is 175 Å². The van der Waals surface area contributed by atoms with Crippen LogP contribution in [0.2, 0.25) is 0 Å². The van der Waals surface area contributed by atoms with Crippen LogP contribution in [-0.2, 0) is 144 Å². The highest BCUT2D eigenvalue weighted by Gasteiger charge is 2.51. The fourth-order valence-corrected chi connectivity index (χ4v) is 15.8. The second-order valence-electron chi connectivity index (χ2n) is 32.8. The van der Waals surface area contributed by atoms with Crippen LogP contribution in [0.5, 0.6) is 11.5 Å². The summed E-state index contributed by atoms with van der Waals surface area (Å²) in [5.41, 5.74) is 0.263. The van der Waals surface area contributed by atoms with Crippen molar-refractivity contribution in [1.29, 1.82) is 0 Å². The summed E-state index contributed by atoms with van der Waals surface area (Å²) in [5.74, 6) is -8.04. The Morgan fingerprint density at radius 2 is 0.785 bits per heavy atom. The van der Waals surface area contributed by atoms with Gasteiger partial charge in [-0.2, -0.15) is 0 Å². The smallest absolute Gasteiger partial charge is 0.307 e. The van der Waals surface area contributed by atoms with Gasteiger partial charge in [0.1, 0.15) is 85.1 Å². The van der Waals surface area contributed by atoms with Crippen molar-refractivity contribution >= 4 is 88.8 Å². The molecule has 3 heterocycles. The molecule has 3 aliphatic rings. The number of nitrogens with zero attached hydrogens (tertiary/aromatic N) is 2. The second kappa shape index (κ2) is 56.2. The number of carbonyl (C=O) groups excluding carboxylic acids is 15. The van der Waals surface area contributed by atoms with Gasteiger partial charge in [-0.05, 0) is 112 Å². The van der Waals surface area contributed by atoms with E-state index in [-0.39, 0.29) is 154 Å². The first-order chi connectivity index (χ1) is 61.9. The van der Waals surface area contributed by atoms with Crippen LogP contribution in [0.25, 0.3) is 0 Å². The first-order valence-corrected chi connectivity index (χ1v) is 44.5. The van der Waals surface area contributed by atoms with E-state index >= 15 is 4.79 Å². The summed E-state index contributed by atoms with van der Waals surface area (Å²) >= 11 is 0. The lowest BCUT2D eigenvalue weighted by molar-refractivity contribution is -0.262. The minimum Gasteiger partial charge on any atom is -0.497 e. The van der Waals surface area contributed by atoms with Crippen molar-refractivity contribution in [3.8, 4) is 11.5 Å². The molecule has 0 spiro atoms. The number of Topliss-reactive ketones (excluding diaryl/α,β-unsaturated/α-hetero) is 2. The van der Waals surface area contributed by atoms with Crippen molar-refractivity contribution < 1.29 is 148 Å². The first-order valence-electron chi connectivity index (χ1n) is 44.5. The van der Waals surface area contributed by atoms with Gasteiger partial charge < -0.3 is 112 Å². The van der Waals surface area contributed by atoms with Crippen LogP contribution >= 0.6 is 0 Å². The van der Waals surface area contributed by atoms with E-state index in [0.29, 0.717) is 73.1 Å². The van der Waals surface area contributed by atoms with Crippen molar-refractivity contribution in [2.45, 2.75) is 278 Å². The van der Waals surface area contributed by atoms with Gasteiger partial charge in [0.25, 0.3) is 5.91 Å². The Morgan fingerprint density at radius 1 is 0.408 bits per heavy atom. The molecule has 3 fully saturated rings.